The maximum atomic E-state index is 14.7. The number of nitrogens with zero attached hydrogens (tertiary/aromatic N) is 4. The van der Waals surface area contributed by atoms with Crippen molar-refractivity contribution in [1.29, 1.82) is 0 Å². The Balaban J connectivity index is 1.32. The molecule has 4 N–H and O–H groups in total. The van der Waals surface area contributed by atoms with Gasteiger partial charge in [0.1, 0.15) is 29.7 Å². The Hall–Kier alpha value is -5.21. The van der Waals surface area contributed by atoms with Crippen LogP contribution in [0.3, 0.4) is 0 Å². The maximum absolute atomic E-state index is 14.7. The fraction of sp³-hybridized carbons (Fsp3) is 0.575. The SMILES string of the molecule is COc1ccc2c(OC3C[C@@H](C(=O)N[C@@H](CC4CCC4)C(=O)C(=O)NC4CC4)N(C(=O)[C@@H](NC(=O)NC(C)(C)C)C(C)(C)C)C3)cc(-n3cccn3)nc2c1. The molecule has 0 bridgehead atoms. The molecule has 1 aliphatic heterocycles. The summed E-state index contributed by atoms with van der Waals surface area (Å²) in [5, 5.41) is 16.4. The molecular formula is C40H54N8O7. The molecule has 1 saturated heterocycles. The summed E-state index contributed by atoms with van der Waals surface area (Å²) in [6, 6.07) is 5.27. The van der Waals surface area contributed by atoms with Crippen LogP contribution in [0.1, 0.15) is 86.5 Å². The highest BCUT2D eigenvalue weighted by molar-refractivity contribution is 6.38. The van der Waals surface area contributed by atoms with Crippen LogP contribution >= 0.6 is 0 Å². The number of likely N-dealkylation sites (tertiary alicyclic amines) is 1. The zero-order valence-corrected chi connectivity index (χ0v) is 32.8. The summed E-state index contributed by atoms with van der Waals surface area (Å²) in [5.41, 5.74) is -0.731. The van der Waals surface area contributed by atoms with Gasteiger partial charge in [-0.3, -0.25) is 19.2 Å². The molecule has 15 nitrogen and oxygen atoms in total. The summed E-state index contributed by atoms with van der Waals surface area (Å²) in [6.45, 7) is 11.0. The van der Waals surface area contributed by atoms with Crippen molar-refractivity contribution >= 4 is 40.4 Å². The van der Waals surface area contributed by atoms with Crippen LogP contribution in [-0.4, -0.2) is 98.7 Å². The number of methoxy groups -OCH3 is 1. The standard InChI is InChI=1S/C40H54N8O7/c1-39(2,3)34(45-38(53)46-40(4,5)6)37(52)47-22-26(55-31-21-32(48-17-9-16-41-48)43-28-19-25(54-7)14-15-27(28)31)20-30(47)35(50)44-29(18-23-10-8-11-23)33(49)36(51)42-24-12-13-24/h9,14-17,19,21,23-24,26,29-30,34H,8,10-13,18,20,22H2,1-7H3,(H,42,51)(H,44,50)(H2,45,46,53)/t26?,29-,30-,34+/m0/s1. The summed E-state index contributed by atoms with van der Waals surface area (Å²) in [6.07, 6.45) is 7.63. The summed E-state index contributed by atoms with van der Waals surface area (Å²) in [4.78, 5) is 74.9. The van der Waals surface area contributed by atoms with Gasteiger partial charge >= 0.3 is 6.03 Å². The minimum Gasteiger partial charge on any atom is -0.497 e. The van der Waals surface area contributed by atoms with E-state index in [1.54, 1.807) is 48.5 Å². The van der Waals surface area contributed by atoms with Crippen LogP contribution in [0, 0.1) is 11.3 Å². The minimum absolute atomic E-state index is 0.00650. The van der Waals surface area contributed by atoms with Crippen molar-refractivity contribution in [2.24, 2.45) is 11.3 Å². The van der Waals surface area contributed by atoms with E-state index in [1.165, 1.54) is 4.90 Å². The highest BCUT2D eigenvalue weighted by Gasteiger charge is 2.47. The number of Topliss-reactive ketones (excluding diaryl/α,β-unsaturated/α-hetero) is 1. The molecule has 2 saturated carbocycles. The van der Waals surface area contributed by atoms with Gasteiger partial charge in [0.2, 0.25) is 17.6 Å². The van der Waals surface area contributed by atoms with Gasteiger partial charge < -0.3 is 35.6 Å². The molecule has 2 aromatic heterocycles. The molecule has 15 heteroatoms. The third-order valence-corrected chi connectivity index (χ3v) is 10.3. The van der Waals surface area contributed by atoms with E-state index in [2.05, 4.69) is 26.4 Å². The second-order valence-corrected chi connectivity index (χ2v) is 17.1. The monoisotopic (exact) mass is 758 g/mol. The molecule has 0 radical (unpaired) electrons. The number of ether oxygens (including phenoxy) is 2. The maximum Gasteiger partial charge on any atom is 0.315 e. The van der Waals surface area contributed by atoms with Crippen LogP contribution in [0.5, 0.6) is 11.5 Å². The van der Waals surface area contributed by atoms with Crippen LogP contribution < -0.4 is 30.7 Å². The highest BCUT2D eigenvalue weighted by atomic mass is 16.5. The van der Waals surface area contributed by atoms with Crippen molar-refractivity contribution in [3.05, 3.63) is 42.7 Å². The Labute approximate surface area is 321 Å². The number of aromatic nitrogens is 3. The number of benzene rings is 1. The largest absolute Gasteiger partial charge is 0.497 e. The highest BCUT2D eigenvalue weighted by Crippen LogP contribution is 2.35. The Morgan fingerprint density at radius 1 is 0.982 bits per heavy atom. The molecule has 55 heavy (non-hydrogen) atoms. The average molecular weight is 759 g/mol. The number of urea groups is 1. The molecule has 296 valence electrons. The van der Waals surface area contributed by atoms with E-state index in [0.717, 1.165) is 32.1 Å². The molecule has 3 aromatic rings. The molecule has 5 amide bonds. The van der Waals surface area contributed by atoms with Crippen molar-refractivity contribution in [3.8, 4) is 17.3 Å². The molecule has 2 aliphatic carbocycles. The quantitative estimate of drug-likeness (QED) is 0.188. The molecule has 0 spiro atoms. The second kappa shape index (κ2) is 15.9. The van der Waals surface area contributed by atoms with Crippen LogP contribution in [-0.2, 0) is 19.2 Å². The predicted molar refractivity (Wildman–Crippen MR) is 205 cm³/mol. The molecule has 4 atom stereocenters. The second-order valence-electron chi connectivity index (χ2n) is 17.1. The zero-order chi connectivity index (χ0) is 39.7. The smallest absolute Gasteiger partial charge is 0.315 e. The minimum atomic E-state index is -1.07. The Morgan fingerprint density at radius 3 is 2.33 bits per heavy atom. The van der Waals surface area contributed by atoms with Crippen molar-refractivity contribution in [2.75, 3.05) is 13.7 Å². The third-order valence-electron chi connectivity index (χ3n) is 10.3. The number of hydrogen-bond donors (Lipinski definition) is 4. The summed E-state index contributed by atoms with van der Waals surface area (Å²) < 4.78 is 13.7. The van der Waals surface area contributed by atoms with E-state index in [1.807, 2.05) is 47.6 Å². The van der Waals surface area contributed by atoms with E-state index in [9.17, 15) is 24.0 Å². The number of pyridine rings is 1. The summed E-state index contributed by atoms with van der Waals surface area (Å²) in [5.74, 6) is -0.671. The van der Waals surface area contributed by atoms with Gasteiger partial charge in [-0.15, -0.1) is 0 Å². The number of hydrogen-bond acceptors (Lipinski definition) is 9. The number of carbonyl (C=O) groups excluding carboxylic acids is 5. The normalized spacial score (nSPS) is 19.9. The van der Waals surface area contributed by atoms with Crippen molar-refractivity contribution < 1.29 is 33.4 Å². The first-order valence-corrected chi connectivity index (χ1v) is 19.2. The molecule has 1 unspecified atom stereocenters. The van der Waals surface area contributed by atoms with Gasteiger partial charge in [0, 0.05) is 47.9 Å². The lowest BCUT2D eigenvalue weighted by Crippen LogP contribution is -2.61. The first-order valence-electron chi connectivity index (χ1n) is 19.2. The first-order chi connectivity index (χ1) is 26.0. The number of amides is 5. The van der Waals surface area contributed by atoms with E-state index in [0.29, 0.717) is 34.6 Å². The van der Waals surface area contributed by atoms with E-state index in [-0.39, 0.29) is 24.9 Å². The summed E-state index contributed by atoms with van der Waals surface area (Å²) in [7, 11) is 1.57. The van der Waals surface area contributed by atoms with Gasteiger partial charge in [0.15, 0.2) is 5.82 Å². The molecular weight excluding hydrogens is 704 g/mol. The lowest BCUT2D eigenvalue weighted by molar-refractivity contribution is -0.144. The molecule has 3 aliphatic rings. The molecule has 3 fully saturated rings. The van der Waals surface area contributed by atoms with Crippen molar-refractivity contribution in [1.82, 2.24) is 40.9 Å². The summed E-state index contributed by atoms with van der Waals surface area (Å²) >= 11 is 0. The first kappa shape index (κ1) is 39.5. The third kappa shape index (κ3) is 9.73. The number of carbonyl (C=O) groups is 5. The predicted octanol–water partition coefficient (Wildman–Crippen LogP) is 3.81. The fourth-order valence-corrected chi connectivity index (χ4v) is 6.99. The molecule has 1 aromatic carbocycles. The van der Waals surface area contributed by atoms with Crippen LogP contribution in [0.25, 0.3) is 16.7 Å². The molecule has 3 heterocycles. The number of rotatable bonds is 13. The van der Waals surface area contributed by atoms with E-state index < -0.39 is 64.7 Å². The van der Waals surface area contributed by atoms with E-state index in [4.69, 9.17) is 14.5 Å². The Bertz CT molecular complexity index is 1910. The van der Waals surface area contributed by atoms with Gasteiger partial charge in [-0.1, -0.05) is 40.0 Å². The van der Waals surface area contributed by atoms with Gasteiger partial charge in [-0.2, -0.15) is 5.10 Å². The van der Waals surface area contributed by atoms with Crippen molar-refractivity contribution in [3.63, 3.8) is 0 Å². The van der Waals surface area contributed by atoms with Crippen LogP contribution in [0.4, 0.5) is 4.79 Å². The Morgan fingerprint density at radius 2 is 1.73 bits per heavy atom. The van der Waals surface area contributed by atoms with Gasteiger partial charge in [-0.25, -0.2) is 14.5 Å². The van der Waals surface area contributed by atoms with Gasteiger partial charge in [0.25, 0.3) is 5.91 Å². The number of nitrogens with one attached hydrogen (secondary N) is 4. The van der Waals surface area contributed by atoms with Gasteiger partial charge in [0.05, 0.1) is 25.2 Å². The Kier molecular flexibility index (Phi) is 11.4. The number of fused-ring (bicyclic) bond motifs is 1. The number of ketones is 1. The van der Waals surface area contributed by atoms with E-state index >= 15 is 0 Å². The van der Waals surface area contributed by atoms with Crippen LogP contribution in [0.2, 0.25) is 0 Å². The van der Waals surface area contributed by atoms with Gasteiger partial charge in [-0.05, 0) is 69.6 Å². The topological polar surface area (TPSA) is 186 Å². The van der Waals surface area contributed by atoms with Crippen molar-refractivity contribution in [2.45, 2.75) is 122 Å². The lowest BCUT2D eigenvalue weighted by Gasteiger charge is -2.36. The zero-order valence-electron chi connectivity index (χ0n) is 32.8. The van der Waals surface area contributed by atoms with Crippen LogP contribution in [0.15, 0.2) is 42.7 Å². The molecule has 6 rings (SSSR count). The lowest BCUT2D eigenvalue weighted by atomic mass is 9.80. The fourth-order valence-electron chi connectivity index (χ4n) is 6.99. The average Bonchev–Trinajstić information content (AvgIpc) is 3.54.